The van der Waals surface area contributed by atoms with Gasteiger partial charge in [-0.15, -0.1) is 0 Å². The number of fused-ring (bicyclic) bond motifs is 1. The molecule has 1 aliphatic rings. The van der Waals surface area contributed by atoms with Crippen molar-refractivity contribution in [1.29, 1.82) is 0 Å². The van der Waals surface area contributed by atoms with Gasteiger partial charge in [-0.2, -0.15) is 9.61 Å². The first kappa shape index (κ1) is 11.5. The molecule has 0 aromatic carbocycles. The van der Waals surface area contributed by atoms with Crippen molar-refractivity contribution in [1.82, 2.24) is 19.9 Å². The molecule has 0 bridgehead atoms. The maximum absolute atomic E-state index is 11.7. The van der Waals surface area contributed by atoms with Crippen LogP contribution in [0.4, 0.5) is 5.82 Å². The molecule has 1 saturated heterocycles. The number of aromatic nitrogens is 3. The van der Waals surface area contributed by atoms with Gasteiger partial charge in [-0.1, -0.05) is 6.58 Å². The average Bonchev–Trinajstić information content (AvgIpc) is 2.94. The van der Waals surface area contributed by atoms with Crippen LogP contribution in [0.3, 0.4) is 0 Å². The van der Waals surface area contributed by atoms with E-state index in [-0.39, 0.29) is 5.91 Å². The molecule has 3 heterocycles. The van der Waals surface area contributed by atoms with Gasteiger partial charge in [0, 0.05) is 36.5 Å². The van der Waals surface area contributed by atoms with Gasteiger partial charge in [-0.25, -0.2) is 4.98 Å². The Labute approximate surface area is 109 Å². The maximum atomic E-state index is 11.7. The zero-order chi connectivity index (χ0) is 13.4. The highest BCUT2D eigenvalue weighted by molar-refractivity contribution is 6.02. The van der Waals surface area contributed by atoms with Crippen LogP contribution in [0, 0.1) is 0 Å². The molecule has 0 unspecified atom stereocenters. The summed E-state index contributed by atoms with van der Waals surface area (Å²) in [7, 11) is 1.82. The van der Waals surface area contributed by atoms with Crippen LogP contribution in [0.5, 0.6) is 0 Å². The second kappa shape index (κ2) is 4.24. The summed E-state index contributed by atoms with van der Waals surface area (Å²) in [5, 5.41) is 10.00. The molecule has 1 amide bonds. The van der Waals surface area contributed by atoms with Crippen LogP contribution in [-0.4, -0.2) is 27.6 Å². The molecule has 1 aliphatic heterocycles. The van der Waals surface area contributed by atoms with Gasteiger partial charge >= 0.3 is 0 Å². The monoisotopic (exact) mass is 255 g/mol. The lowest BCUT2D eigenvalue weighted by Crippen LogP contribution is -2.12. The lowest BCUT2D eigenvalue weighted by Gasteiger charge is -2.02. The zero-order valence-electron chi connectivity index (χ0n) is 10.5. The van der Waals surface area contributed by atoms with Crippen molar-refractivity contribution >= 4 is 23.4 Å². The number of allylic oxidation sites excluding steroid dienone is 1. The number of anilines is 1. The number of hydrogen-bond acceptors (Lipinski definition) is 4. The second-order valence-corrected chi connectivity index (χ2v) is 4.32. The van der Waals surface area contributed by atoms with Gasteiger partial charge in [0.05, 0.1) is 6.20 Å². The topological polar surface area (TPSA) is 71.3 Å². The number of hydrogen-bond donors (Lipinski definition) is 2. The average molecular weight is 255 g/mol. The van der Waals surface area contributed by atoms with E-state index in [1.165, 1.54) is 0 Å². The van der Waals surface area contributed by atoms with Crippen molar-refractivity contribution in [2.75, 3.05) is 12.4 Å². The third-order valence-corrected chi connectivity index (χ3v) is 3.00. The molecule has 0 spiro atoms. The summed E-state index contributed by atoms with van der Waals surface area (Å²) in [6.45, 7) is 3.75. The van der Waals surface area contributed by atoms with Crippen LogP contribution >= 0.6 is 0 Å². The first-order chi connectivity index (χ1) is 9.19. The number of carbonyl (C=O) groups is 1. The summed E-state index contributed by atoms with van der Waals surface area (Å²) >= 11 is 0. The minimum Gasteiger partial charge on any atom is -0.373 e. The third kappa shape index (κ3) is 1.87. The van der Waals surface area contributed by atoms with E-state index in [2.05, 4.69) is 27.3 Å². The summed E-state index contributed by atoms with van der Waals surface area (Å²) in [4.78, 5) is 16.0. The normalized spacial score (nSPS) is 17.2. The van der Waals surface area contributed by atoms with Crippen LogP contribution in [0.15, 0.2) is 36.3 Å². The molecule has 2 aromatic rings. The molecule has 2 aromatic heterocycles. The Hall–Kier alpha value is -2.63. The molecular formula is C13H13N5O. The fraction of sp³-hybridized carbons (Fsp3) is 0.154. The molecule has 0 aliphatic carbocycles. The van der Waals surface area contributed by atoms with Gasteiger partial charge in [-0.05, 0) is 12.1 Å². The van der Waals surface area contributed by atoms with Gasteiger partial charge in [0.25, 0.3) is 5.91 Å². The number of rotatable bonds is 2. The molecule has 6 heteroatoms. The van der Waals surface area contributed by atoms with Gasteiger partial charge in [0.1, 0.15) is 5.82 Å². The lowest BCUT2D eigenvalue weighted by atomic mass is 10.1. The first-order valence-electron chi connectivity index (χ1n) is 5.89. The molecule has 0 atom stereocenters. The third-order valence-electron chi connectivity index (χ3n) is 3.00. The van der Waals surface area contributed by atoms with E-state index < -0.39 is 0 Å². The Morgan fingerprint density at radius 2 is 2.42 bits per heavy atom. The van der Waals surface area contributed by atoms with Crippen LogP contribution in [0.1, 0.15) is 12.0 Å². The quantitative estimate of drug-likeness (QED) is 0.791. The predicted octanol–water partition coefficient (Wildman–Crippen LogP) is 1.19. The SMILES string of the molecule is C=C1CC(=Cc2cnn3c(NC)ccnc23)C(=O)N1. The summed E-state index contributed by atoms with van der Waals surface area (Å²) in [6, 6.07) is 1.83. The van der Waals surface area contributed by atoms with E-state index in [9.17, 15) is 4.79 Å². The fourth-order valence-electron chi connectivity index (χ4n) is 2.10. The molecule has 96 valence electrons. The van der Waals surface area contributed by atoms with Gasteiger partial charge < -0.3 is 10.6 Å². The van der Waals surface area contributed by atoms with E-state index in [0.717, 1.165) is 17.1 Å². The molecule has 3 rings (SSSR count). The fourth-order valence-corrected chi connectivity index (χ4v) is 2.10. The van der Waals surface area contributed by atoms with Gasteiger partial charge in [0.2, 0.25) is 0 Å². The van der Waals surface area contributed by atoms with Crippen molar-refractivity contribution in [2.45, 2.75) is 6.42 Å². The maximum Gasteiger partial charge on any atom is 0.251 e. The Morgan fingerprint density at radius 1 is 1.58 bits per heavy atom. The standard InChI is InChI=1S/C13H13N5O/c1-8-5-9(13(19)17-8)6-10-7-16-18-11(14-2)3-4-15-12(10)18/h3-4,6-7,14H,1,5H2,2H3,(H,17,19). The van der Waals surface area contributed by atoms with Crippen LogP contribution in [0.25, 0.3) is 11.7 Å². The minimum absolute atomic E-state index is 0.103. The van der Waals surface area contributed by atoms with Crippen LogP contribution in [-0.2, 0) is 4.79 Å². The Kier molecular flexibility index (Phi) is 2.56. The molecule has 0 saturated carbocycles. The van der Waals surface area contributed by atoms with E-state index in [4.69, 9.17) is 0 Å². The first-order valence-corrected chi connectivity index (χ1v) is 5.89. The van der Waals surface area contributed by atoms with E-state index in [1.54, 1.807) is 16.9 Å². The van der Waals surface area contributed by atoms with Crippen molar-refractivity contribution < 1.29 is 4.79 Å². The molecule has 19 heavy (non-hydrogen) atoms. The number of nitrogens with zero attached hydrogens (tertiary/aromatic N) is 3. The van der Waals surface area contributed by atoms with Crippen molar-refractivity contribution in [3.63, 3.8) is 0 Å². The summed E-state index contributed by atoms with van der Waals surface area (Å²) in [5.74, 6) is 0.740. The lowest BCUT2D eigenvalue weighted by molar-refractivity contribution is -0.115. The van der Waals surface area contributed by atoms with Gasteiger partial charge in [-0.3, -0.25) is 4.79 Å². The second-order valence-electron chi connectivity index (χ2n) is 4.32. The summed E-state index contributed by atoms with van der Waals surface area (Å²) in [5.41, 5.74) is 2.93. The molecule has 6 nitrogen and oxygen atoms in total. The number of amides is 1. The van der Waals surface area contributed by atoms with Crippen molar-refractivity contribution in [3.05, 3.63) is 41.9 Å². The Balaban J connectivity index is 2.10. The van der Waals surface area contributed by atoms with Crippen LogP contribution in [0.2, 0.25) is 0 Å². The molecule has 0 radical (unpaired) electrons. The van der Waals surface area contributed by atoms with E-state index in [1.807, 2.05) is 19.2 Å². The van der Waals surface area contributed by atoms with Crippen molar-refractivity contribution in [3.8, 4) is 0 Å². The predicted molar refractivity (Wildman–Crippen MR) is 72.4 cm³/mol. The van der Waals surface area contributed by atoms with E-state index in [0.29, 0.717) is 17.6 Å². The highest BCUT2D eigenvalue weighted by atomic mass is 16.2. The Morgan fingerprint density at radius 3 is 3.11 bits per heavy atom. The highest BCUT2D eigenvalue weighted by Crippen LogP contribution is 2.21. The number of carbonyl (C=O) groups excluding carboxylic acids is 1. The molecule has 1 fully saturated rings. The summed E-state index contributed by atoms with van der Waals surface area (Å²) in [6.07, 6.45) is 5.76. The minimum atomic E-state index is -0.103. The molecular weight excluding hydrogens is 242 g/mol. The van der Waals surface area contributed by atoms with E-state index >= 15 is 0 Å². The number of nitrogens with one attached hydrogen (secondary N) is 2. The smallest absolute Gasteiger partial charge is 0.251 e. The highest BCUT2D eigenvalue weighted by Gasteiger charge is 2.20. The molecule has 2 N–H and O–H groups in total. The van der Waals surface area contributed by atoms with Crippen molar-refractivity contribution in [2.24, 2.45) is 0 Å². The van der Waals surface area contributed by atoms with Gasteiger partial charge in [0.15, 0.2) is 5.65 Å². The Bertz CT molecular complexity index is 713. The zero-order valence-corrected chi connectivity index (χ0v) is 10.5. The largest absolute Gasteiger partial charge is 0.373 e. The van der Waals surface area contributed by atoms with Crippen LogP contribution < -0.4 is 10.6 Å². The summed E-state index contributed by atoms with van der Waals surface area (Å²) < 4.78 is 1.70.